The second kappa shape index (κ2) is 8.56. The molecule has 0 saturated carbocycles. The number of ketones is 1. The van der Waals surface area contributed by atoms with Crippen LogP contribution in [0.4, 0.5) is 5.13 Å². The first-order valence-electron chi connectivity index (χ1n) is 7.55. The first-order valence-corrected chi connectivity index (χ1v) is 8.42. The summed E-state index contributed by atoms with van der Waals surface area (Å²) in [7, 11) is 5.44. The minimum Gasteiger partial charge on any atom is -0.496 e. The van der Waals surface area contributed by atoms with E-state index in [4.69, 9.17) is 4.74 Å². The molecule has 24 heavy (non-hydrogen) atoms. The summed E-state index contributed by atoms with van der Waals surface area (Å²) < 4.78 is 5.17. The van der Waals surface area contributed by atoms with E-state index in [1.165, 1.54) is 18.4 Å². The number of carbonyl (C=O) groups is 2. The first-order chi connectivity index (χ1) is 11.5. The van der Waals surface area contributed by atoms with Gasteiger partial charge in [-0.1, -0.05) is 12.1 Å². The van der Waals surface area contributed by atoms with E-state index in [1.54, 1.807) is 24.3 Å². The van der Waals surface area contributed by atoms with Crippen LogP contribution in [0.3, 0.4) is 0 Å². The summed E-state index contributed by atoms with van der Waals surface area (Å²) >= 11 is 1.38. The van der Waals surface area contributed by atoms with Crippen molar-refractivity contribution in [2.24, 2.45) is 0 Å². The third kappa shape index (κ3) is 5.14. The average molecular weight is 347 g/mol. The lowest BCUT2D eigenvalue weighted by atomic mass is 10.1. The largest absolute Gasteiger partial charge is 0.496 e. The number of benzene rings is 1. The third-order valence-electron chi connectivity index (χ3n) is 3.26. The van der Waals surface area contributed by atoms with Crippen molar-refractivity contribution in [1.29, 1.82) is 0 Å². The molecule has 0 aliphatic rings. The Morgan fingerprint density at radius 3 is 2.71 bits per heavy atom. The molecule has 2 rings (SSSR count). The van der Waals surface area contributed by atoms with Crippen molar-refractivity contribution in [3.8, 4) is 5.75 Å². The van der Waals surface area contributed by atoms with Crippen molar-refractivity contribution in [3.63, 3.8) is 0 Å². The predicted octanol–water partition coefficient (Wildman–Crippen LogP) is 2.81. The van der Waals surface area contributed by atoms with Gasteiger partial charge in [0, 0.05) is 24.8 Å². The van der Waals surface area contributed by atoms with Crippen LogP contribution in [-0.2, 0) is 11.3 Å². The van der Waals surface area contributed by atoms with Crippen molar-refractivity contribution in [3.05, 3.63) is 40.9 Å². The Morgan fingerprint density at radius 1 is 1.25 bits per heavy atom. The summed E-state index contributed by atoms with van der Waals surface area (Å²) in [4.78, 5) is 30.6. The van der Waals surface area contributed by atoms with Crippen LogP contribution >= 0.6 is 11.3 Å². The number of thiazole rings is 1. The third-order valence-corrected chi connectivity index (χ3v) is 4.07. The highest BCUT2D eigenvalue weighted by molar-refractivity contribution is 7.13. The van der Waals surface area contributed by atoms with Gasteiger partial charge in [-0.2, -0.15) is 0 Å². The van der Waals surface area contributed by atoms with Gasteiger partial charge in [-0.3, -0.25) is 9.59 Å². The number of anilines is 1. The second-order valence-corrected chi connectivity index (χ2v) is 6.41. The standard InChI is InChI=1S/C17H21N3O3S/c1-20(2)10-12-11-24-17(18-12)19-16(22)9-8-14(21)13-6-4-5-7-15(13)23-3/h4-7,11H,8-10H2,1-3H3,(H,18,19,22). The quantitative estimate of drug-likeness (QED) is 0.744. The molecule has 0 bridgehead atoms. The summed E-state index contributed by atoms with van der Waals surface area (Å²) in [5.41, 5.74) is 1.40. The van der Waals surface area contributed by atoms with Gasteiger partial charge in [0.2, 0.25) is 5.91 Å². The van der Waals surface area contributed by atoms with E-state index >= 15 is 0 Å². The molecule has 0 radical (unpaired) electrons. The summed E-state index contributed by atoms with van der Waals surface area (Å²) in [5.74, 6) is 0.190. The number of amides is 1. The van der Waals surface area contributed by atoms with Crippen LogP contribution in [0.15, 0.2) is 29.6 Å². The summed E-state index contributed by atoms with van der Waals surface area (Å²) in [6.45, 7) is 0.721. The molecule has 1 amide bonds. The maximum absolute atomic E-state index is 12.2. The topological polar surface area (TPSA) is 71.5 Å². The number of para-hydroxylation sites is 1. The molecule has 6 nitrogen and oxygen atoms in total. The molecule has 0 aliphatic heterocycles. The highest BCUT2D eigenvalue weighted by atomic mass is 32.1. The van der Waals surface area contributed by atoms with Crippen LogP contribution in [0, 0.1) is 0 Å². The first kappa shape index (κ1) is 18.1. The van der Waals surface area contributed by atoms with Crippen molar-refractivity contribution < 1.29 is 14.3 Å². The van der Waals surface area contributed by atoms with Crippen LogP contribution < -0.4 is 10.1 Å². The molecule has 0 unspecified atom stereocenters. The van der Waals surface area contributed by atoms with Gasteiger partial charge in [-0.05, 0) is 26.2 Å². The molecule has 0 aliphatic carbocycles. The maximum Gasteiger partial charge on any atom is 0.226 e. The maximum atomic E-state index is 12.2. The van der Waals surface area contributed by atoms with Crippen molar-refractivity contribution in [2.45, 2.75) is 19.4 Å². The van der Waals surface area contributed by atoms with Crippen LogP contribution in [0.2, 0.25) is 0 Å². The minimum absolute atomic E-state index is 0.111. The smallest absolute Gasteiger partial charge is 0.226 e. The molecule has 1 N–H and O–H groups in total. The van der Waals surface area contributed by atoms with E-state index < -0.39 is 0 Å². The molecule has 128 valence electrons. The SMILES string of the molecule is COc1ccccc1C(=O)CCC(=O)Nc1nc(CN(C)C)cs1. The van der Waals surface area contributed by atoms with E-state index in [-0.39, 0.29) is 24.5 Å². The zero-order chi connectivity index (χ0) is 17.5. The number of aromatic nitrogens is 1. The highest BCUT2D eigenvalue weighted by Crippen LogP contribution is 2.20. The molecule has 7 heteroatoms. The van der Waals surface area contributed by atoms with Crippen LogP contribution in [0.5, 0.6) is 5.75 Å². The number of carbonyl (C=O) groups excluding carboxylic acids is 2. The Labute approximate surface area is 145 Å². The molecule has 0 saturated heterocycles. The number of hydrogen-bond acceptors (Lipinski definition) is 6. The number of Topliss-reactive ketones (excluding diaryl/α,β-unsaturated/α-hetero) is 1. The van der Waals surface area contributed by atoms with Gasteiger partial charge < -0.3 is 15.0 Å². The second-order valence-electron chi connectivity index (χ2n) is 5.55. The summed E-state index contributed by atoms with van der Waals surface area (Å²) in [6.07, 6.45) is 0.238. The van der Waals surface area contributed by atoms with Crippen LogP contribution in [0.1, 0.15) is 28.9 Å². The molecule has 1 heterocycles. The lowest BCUT2D eigenvalue weighted by Gasteiger charge is -2.07. The van der Waals surface area contributed by atoms with Crippen molar-refractivity contribution in [1.82, 2.24) is 9.88 Å². The number of methoxy groups -OCH3 is 1. The zero-order valence-electron chi connectivity index (χ0n) is 14.0. The highest BCUT2D eigenvalue weighted by Gasteiger charge is 2.14. The summed E-state index contributed by atoms with van der Waals surface area (Å²) in [5, 5.41) is 5.21. The lowest BCUT2D eigenvalue weighted by molar-refractivity contribution is -0.116. The number of ether oxygens (including phenoxy) is 1. The Balaban J connectivity index is 1.86. The van der Waals surface area contributed by atoms with E-state index in [0.717, 1.165) is 12.2 Å². The molecule has 0 fully saturated rings. The minimum atomic E-state index is -0.219. The summed E-state index contributed by atoms with van der Waals surface area (Å²) in [6, 6.07) is 7.01. The Bertz CT molecular complexity index is 713. The fourth-order valence-corrected chi connectivity index (χ4v) is 2.90. The van der Waals surface area contributed by atoms with Gasteiger partial charge in [0.25, 0.3) is 0 Å². The van der Waals surface area contributed by atoms with Gasteiger partial charge in [-0.15, -0.1) is 11.3 Å². The normalized spacial score (nSPS) is 10.7. The van der Waals surface area contributed by atoms with E-state index in [1.807, 2.05) is 24.4 Å². The number of hydrogen-bond donors (Lipinski definition) is 1. The van der Waals surface area contributed by atoms with Gasteiger partial charge in [0.05, 0.1) is 18.4 Å². The van der Waals surface area contributed by atoms with Gasteiger partial charge in [0.15, 0.2) is 10.9 Å². The Hall–Kier alpha value is -2.25. The zero-order valence-corrected chi connectivity index (χ0v) is 14.9. The van der Waals surface area contributed by atoms with Gasteiger partial charge >= 0.3 is 0 Å². The van der Waals surface area contributed by atoms with Crippen LogP contribution in [-0.4, -0.2) is 42.8 Å². The molecule has 1 aromatic heterocycles. The van der Waals surface area contributed by atoms with Gasteiger partial charge in [0.1, 0.15) is 5.75 Å². The van der Waals surface area contributed by atoms with Crippen molar-refractivity contribution in [2.75, 3.05) is 26.5 Å². The van der Waals surface area contributed by atoms with E-state index in [9.17, 15) is 9.59 Å². The molecule has 0 atom stereocenters. The number of nitrogens with zero attached hydrogens (tertiary/aromatic N) is 2. The fourth-order valence-electron chi connectivity index (χ4n) is 2.18. The molecule has 2 aromatic rings. The lowest BCUT2D eigenvalue weighted by Crippen LogP contribution is -2.14. The average Bonchev–Trinajstić information content (AvgIpc) is 2.98. The molecule has 1 aromatic carbocycles. The fraction of sp³-hybridized carbons (Fsp3) is 0.353. The molecule has 0 spiro atoms. The van der Waals surface area contributed by atoms with Crippen LogP contribution in [0.25, 0.3) is 0 Å². The monoisotopic (exact) mass is 347 g/mol. The molecular weight excluding hydrogens is 326 g/mol. The van der Waals surface area contributed by atoms with Crippen molar-refractivity contribution >= 4 is 28.2 Å². The Morgan fingerprint density at radius 2 is 2.00 bits per heavy atom. The predicted molar refractivity (Wildman–Crippen MR) is 94.7 cm³/mol. The number of nitrogens with one attached hydrogen (secondary N) is 1. The van der Waals surface area contributed by atoms with E-state index in [2.05, 4.69) is 10.3 Å². The van der Waals surface area contributed by atoms with E-state index in [0.29, 0.717) is 16.4 Å². The molecular formula is C17H21N3O3S. The van der Waals surface area contributed by atoms with Gasteiger partial charge in [-0.25, -0.2) is 4.98 Å². The number of rotatable bonds is 8. The Kier molecular flexibility index (Phi) is 6.45.